The Morgan fingerprint density at radius 1 is 0.897 bits per heavy atom. The molecule has 1 aromatic carbocycles. The van der Waals surface area contributed by atoms with Crippen molar-refractivity contribution >= 4 is 21.5 Å². The number of nitrogens with zero attached hydrogens (tertiary/aromatic N) is 2. The molecule has 29 heavy (non-hydrogen) atoms. The molecule has 2 aromatic rings. The van der Waals surface area contributed by atoms with Crippen LogP contribution in [0.4, 0.5) is 11.4 Å². The molecule has 0 amide bonds. The second kappa shape index (κ2) is 7.73. The highest BCUT2D eigenvalue weighted by atomic mass is 32.2. The summed E-state index contributed by atoms with van der Waals surface area (Å²) in [5.74, 6) is 2.99. The highest BCUT2D eigenvalue weighted by molar-refractivity contribution is 7.84. The molecule has 0 saturated heterocycles. The fourth-order valence-corrected chi connectivity index (χ4v) is 6.14. The average molecular weight is 415 g/mol. The molecular weight excluding hydrogens is 384 g/mol. The van der Waals surface area contributed by atoms with Crippen LogP contribution in [0.2, 0.25) is 0 Å². The van der Waals surface area contributed by atoms with E-state index >= 15 is 0 Å². The van der Waals surface area contributed by atoms with Gasteiger partial charge < -0.3 is 9.45 Å². The Labute approximate surface area is 174 Å². The standard InChI is InChI=1S/C22H27N2.CH4O3S/c1-23(20-5-3-2-4-6-20)21-7-9-24(10-8-21)22-14-17-11-18(15-22)13-19(12-17)16-22;1-5(2,3)4/h2-10,17-19H,11-16H2,1H3;1H3,(H,2,3,4)/q+1;/p-1. The third-order valence-corrected chi connectivity index (χ3v) is 6.90. The quantitative estimate of drug-likeness (QED) is 0.566. The molecule has 5 nitrogen and oxygen atoms in total. The van der Waals surface area contributed by atoms with Crippen LogP contribution in [0.5, 0.6) is 0 Å². The van der Waals surface area contributed by atoms with Crippen molar-refractivity contribution in [3.8, 4) is 0 Å². The number of aromatic nitrogens is 1. The summed E-state index contributed by atoms with van der Waals surface area (Å²) < 4.78 is 29.8. The molecule has 4 saturated carbocycles. The van der Waals surface area contributed by atoms with Gasteiger partial charge in [-0.1, -0.05) is 18.2 Å². The fourth-order valence-electron chi connectivity index (χ4n) is 6.14. The van der Waals surface area contributed by atoms with E-state index in [2.05, 4.69) is 71.4 Å². The molecule has 0 radical (unpaired) electrons. The number of anilines is 2. The van der Waals surface area contributed by atoms with Gasteiger partial charge in [0.1, 0.15) is 0 Å². The molecule has 0 spiro atoms. The van der Waals surface area contributed by atoms with Gasteiger partial charge in [-0.25, -0.2) is 8.42 Å². The second-order valence-electron chi connectivity index (χ2n) is 9.20. The zero-order valence-electron chi connectivity index (χ0n) is 17.2. The zero-order chi connectivity index (χ0) is 20.6. The van der Waals surface area contributed by atoms with Gasteiger partial charge in [0.15, 0.2) is 17.9 Å². The van der Waals surface area contributed by atoms with Crippen LogP contribution in [0.25, 0.3) is 0 Å². The van der Waals surface area contributed by atoms with Crippen molar-refractivity contribution in [3.05, 3.63) is 54.9 Å². The minimum atomic E-state index is -3.92. The van der Waals surface area contributed by atoms with Crippen molar-refractivity contribution in [1.82, 2.24) is 0 Å². The molecule has 4 bridgehead atoms. The van der Waals surface area contributed by atoms with Crippen molar-refractivity contribution in [2.24, 2.45) is 17.8 Å². The van der Waals surface area contributed by atoms with Gasteiger partial charge in [0.25, 0.3) is 0 Å². The van der Waals surface area contributed by atoms with Crippen LogP contribution < -0.4 is 9.47 Å². The van der Waals surface area contributed by atoms with Crippen molar-refractivity contribution in [1.29, 1.82) is 0 Å². The first-order valence-electron chi connectivity index (χ1n) is 10.4. The zero-order valence-corrected chi connectivity index (χ0v) is 18.0. The van der Waals surface area contributed by atoms with Gasteiger partial charge in [0.2, 0.25) is 0 Å². The normalized spacial score (nSPS) is 29.8. The van der Waals surface area contributed by atoms with E-state index in [1.807, 2.05) is 0 Å². The summed E-state index contributed by atoms with van der Waals surface area (Å²) in [5.41, 5.74) is 2.94. The van der Waals surface area contributed by atoms with Crippen LogP contribution in [0.1, 0.15) is 38.5 Å². The highest BCUT2D eigenvalue weighted by Crippen LogP contribution is 2.56. The topological polar surface area (TPSA) is 64.3 Å². The largest absolute Gasteiger partial charge is 0.748 e. The SMILES string of the molecule is CN(c1ccccc1)c1cc[n+](C23CC4CC(CC(C4)C2)C3)cc1.CS(=O)(=O)[O-]. The molecule has 1 heterocycles. The smallest absolute Gasteiger partial charge is 0.171 e. The van der Waals surface area contributed by atoms with E-state index in [0.717, 1.165) is 17.8 Å². The lowest BCUT2D eigenvalue weighted by atomic mass is 9.53. The van der Waals surface area contributed by atoms with E-state index in [9.17, 15) is 0 Å². The Morgan fingerprint density at radius 3 is 1.76 bits per heavy atom. The monoisotopic (exact) mass is 414 g/mol. The maximum absolute atomic E-state index is 9.08. The summed E-state index contributed by atoms with van der Waals surface area (Å²) in [5, 5.41) is 0. The van der Waals surface area contributed by atoms with Gasteiger partial charge in [-0.3, -0.25) is 0 Å². The van der Waals surface area contributed by atoms with Gasteiger partial charge in [-0.15, -0.1) is 0 Å². The molecule has 0 N–H and O–H groups in total. The predicted octanol–water partition coefficient (Wildman–Crippen LogP) is 3.83. The van der Waals surface area contributed by atoms with E-state index in [1.54, 1.807) is 0 Å². The first-order valence-corrected chi connectivity index (χ1v) is 12.2. The van der Waals surface area contributed by atoms with Crippen LogP contribution in [0, 0.1) is 17.8 Å². The summed E-state index contributed by atoms with van der Waals surface area (Å²) >= 11 is 0. The van der Waals surface area contributed by atoms with Crippen LogP contribution in [0.3, 0.4) is 0 Å². The molecule has 6 heteroatoms. The summed E-state index contributed by atoms with van der Waals surface area (Å²) in [4.78, 5) is 2.27. The summed E-state index contributed by atoms with van der Waals surface area (Å²) in [6.45, 7) is 0. The molecule has 0 atom stereocenters. The first-order chi connectivity index (χ1) is 13.7. The van der Waals surface area contributed by atoms with Gasteiger partial charge >= 0.3 is 0 Å². The lowest BCUT2D eigenvalue weighted by Gasteiger charge is -2.53. The van der Waals surface area contributed by atoms with Crippen molar-refractivity contribution in [2.75, 3.05) is 18.2 Å². The molecule has 1 aromatic heterocycles. The van der Waals surface area contributed by atoms with Crippen molar-refractivity contribution in [2.45, 2.75) is 44.1 Å². The minimum Gasteiger partial charge on any atom is -0.748 e. The molecule has 0 unspecified atom stereocenters. The van der Waals surface area contributed by atoms with Gasteiger partial charge in [0, 0.05) is 50.4 Å². The number of para-hydroxylation sites is 1. The van der Waals surface area contributed by atoms with Crippen LogP contribution in [-0.2, 0) is 15.7 Å². The van der Waals surface area contributed by atoms with E-state index in [-0.39, 0.29) is 0 Å². The third-order valence-electron chi connectivity index (χ3n) is 6.90. The van der Waals surface area contributed by atoms with Crippen LogP contribution in [-0.4, -0.2) is 26.3 Å². The molecule has 6 rings (SSSR count). The summed E-state index contributed by atoms with van der Waals surface area (Å²) in [7, 11) is -1.76. The number of hydrogen-bond donors (Lipinski definition) is 0. The third kappa shape index (κ3) is 4.64. The average Bonchev–Trinajstić information content (AvgIpc) is 2.66. The van der Waals surface area contributed by atoms with Crippen molar-refractivity contribution in [3.63, 3.8) is 0 Å². The molecule has 4 aliphatic rings. The number of pyridine rings is 1. The summed E-state index contributed by atoms with van der Waals surface area (Å²) in [6.07, 6.45) is 14.1. The lowest BCUT2D eigenvalue weighted by molar-refractivity contribution is -0.776. The molecule has 0 aliphatic heterocycles. The number of rotatable bonds is 3. The van der Waals surface area contributed by atoms with Gasteiger partial charge in [-0.2, -0.15) is 4.57 Å². The number of hydrogen-bond acceptors (Lipinski definition) is 4. The lowest BCUT2D eigenvalue weighted by Crippen LogP contribution is -2.64. The molecule has 4 aliphatic carbocycles. The number of benzene rings is 1. The maximum atomic E-state index is 9.08. The van der Waals surface area contributed by atoms with E-state index < -0.39 is 10.1 Å². The Balaban J connectivity index is 0.000000369. The molecule has 156 valence electrons. The van der Waals surface area contributed by atoms with E-state index in [4.69, 9.17) is 13.0 Å². The van der Waals surface area contributed by atoms with E-state index in [1.165, 1.54) is 49.9 Å². The first kappa shape index (κ1) is 20.4. The molecular formula is C23H30N2O3S. The maximum Gasteiger partial charge on any atom is 0.171 e. The van der Waals surface area contributed by atoms with Gasteiger partial charge in [0.05, 0.1) is 15.8 Å². The Bertz CT molecular complexity index is 899. The van der Waals surface area contributed by atoms with Gasteiger partial charge in [-0.05, 0) is 49.1 Å². The molecule has 4 fully saturated rings. The second-order valence-corrected chi connectivity index (χ2v) is 10.6. The van der Waals surface area contributed by atoms with Crippen molar-refractivity contribution < 1.29 is 17.5 Å². The van der Waals surface area contributed by atoms with Crippen LogP contribution in [0.15, 0.2) is 54.9 Å². The summed E-state index contributed by atoms with van der Waals surface area (Å²) in [6, 6.07) is 15.2. The predicted molar refractivity (Wildman–Crippen MR) is 113 cm³/mol. The Morgan fingerprint density at radius 2 is 1.31 bits per heavy atom. The Hall–Kier alpha value is -1.92. The van der Waals surface area contributed by atoms with E-state index in [0.29, 0.717) is 11.8 Å². The minimum absolute atomic E-state index is 0.429. The fraction of sp³-hybridized carbons (Fsp3) is 0.522. The highest BCUT2D eigenvalue weighted by Gasteiger charge is 2.56. The Kier molecular flexibility index (Phi) is 5.42. The van der Waals surface area contributed by atoms with Crippen LogP contribution >= 0.6 is 0 Å².